The predicted octanol–water partition coefficient (Wildman–Crippen LogP) is 1.86. The minimum atomic E-state index is -0.255. The molecule has 1 aromatic rings. The van der Waals surface area contributed by atoms with Crippen molar-refractivity contribution in [3.63, 3.8) is 0 Å². The fourth-order valence-electron chi connectivity index (χ4n) is 1.79. The third kappa shape index (κ3) is 5.01. The van der Waals surface area contributed by atoms with Gasteiger partial charge in [0.15, 0.2) is 0 Å². The van der Waals surface area contributed by atoms with Crippen molar-refractivity contribution in [3.05, 3.63) is 35.4 Å². The van der Waals surface area contributed by atoms with E-state index in [0.29, 0.717) is 31.6 Å². The molecule has 0 heterocycles. The number of ether oxygens (including phenoxy) is 2. The topological polar surface area (TPSA) is 55.8 Å². The summed E-state index contributed by atoms with van der Waals surface area (Å²) < 4.78 is 9.58. The second-order valence-corrected chi connectivity index (χ2v) is 4.54. The van der Waals surface area contributed by atoms with Crippen LogP contribution in [0.1, 0.15) is 28.8 Å². The van der Waals surface area contributed by atoms with Gasteiger partial charge in [0, 0.05) is 32.7 Å². The average Bonchev–Trinajstić information content (AvgIpc) is 2.47. The molecule has 0 aliphatic rings. The van der Waals surface area contributed by atoms with Crippen molar-refractivity contribution in [2.24, 2.45) is 0 Å². The maximum atomic E-state index is 12.1. The molecular formula is C15H21NO4. The van der Waals surface area contributed by atoms with Gasteiger partial charge in [-0.15, -0.1) is 0 Å². The number of carbonyl (C=O) groups is 2. The zero-order chi connectivity index (χ0) is 15.0. The molecule has 5 nitrogen and oxygen atoms in total. The van der Waals surface area contributed by atoms with E-state index in [0.717, 1.165) is 5.56 Å². The van der Waals surface area contributed by atoms with Crippen molar-refractivity contribution in [2.45, 2.75) is 19.4 Å². The maximum absolute atomic E-state index is 12.1. The van der Waals surface area contributed by atoms with E-state index in [1.165, 1.54) is 7.11 Å². The quantitative estimate of drug-likeness (QED) is 0.715. The van der Waals surface area contributed by atoms with Gasteiger partial charge in [-0.2, -0.15) is 0 Å². The number of hydrogen-bond acceptors (Lipinski definition) is 4. The highest BCUT2D eigenvalue weighted by molar-refractivity contribution is 5.94. The van der Waals surface area contributed by atoms with E-state index in [4.69, 9.17) is 4.74 Å². The standard InChI is InChI=1S/C15H21NO4/c1-16(10-4-5-14(17)20-3)15(18)13-8-6-12(7-9-13)11-19-2/h6-9H,4-5,10-11H2,1-3H3. The van der Waals surface area contributed by atoms with E-state index in [2.05, 4.69) is 4.74 Å². The number of carbonyl (C=O) groups excluding carboxylic acids is 2. The van der Waals surface area contributed by atoms with Crippen molar-refractivity contribution in [3.8, 4) is 0 Å². The highest BCUT2D eigenvalue weighted by Crippen LogP contribution is 2.08. The molecule has 110 valence electrons. The van der Waals surface area contributed by atoms with Gasteiger partial charge in [-0.25, -0.2) is 0 Å². The van der Waals surface area contributed by atoms with E-state index in [-0.39, 0.29) is 11.9 Å². The van der Waals surface area contributed by atoms with Crippen molar-refractivity contribution in [1.82, 2.24) is 4.90 Å². The Labute approximate surface area is 119 Å². The molecule has 0 unspecified atom stereocenters. The molecule has 0 fully saturated rings. The van der Waals surface area contributed by atoms with Crippen LogP contribution in [0.2, 0.25) is 0 Å². The number of nitrogens with zero attached hydrogens (tertiary/aromatic N) is 1. The summed E-state index contributed by atoms with van der Waals surface area (Å²) in [5.41, 5.74) is 1.66. The van der Waals surface area contributed by atoms with Crippen LogP contribution < -0.4 is 0 Å². The minimum Gasteiger partial charge on any atom is -0.469 e. The van der Waals surface area contributed by atoms with Gasteiger partial charge in [-0.3, -0.25) is 9.59 Å². The number of methoxy groups -OCH3 is 2. The van der Waals surface area contributed by atoms with Crippen LogP contribution in [0.3, 0.4) is 0 Å². The van der Waals surface area contributed by atoms with Crippen LogP contribution in [-0.4, -0.2) is 44.6 Å². The lowest BCUT2D eigenvalue weighted by atomic mass is 10.1. The van der Waals surface area contributed by atoms with Crippen LogP contribution in [-0.2, 0) is 20.9 Å². The first-order valence-corrected chi connectivity index (χ1v) is 6.48. The van der Waals surface area contributed by atoms with Crippen LogP contribution in [0.25, 0.3) is 0 Å². The summed E-state index contributed by atoms with van der Waals surface area (Å²) in [7, 11) is 4.72. The van der Waals surface area contributed by atoms with E-state index in [1.54, 1.807) is 31.2 Å². The van der Waals surface area contributed by atoms with Gasteiger partial charge in [-0.05, 0) is 24.1 Å². The summed E-state index contributed by atoms with van der Waals surface area (Å²) in [5, 5.41) is 0. The molecule has 0 radical (unpaired) electrons. The molecular weight excluding hydrogens is 258 g/mol. The van der Waals surface area contributed by atoms with E-state index in [1.807, 2.05) is 12.1 Å². The maximum Gasteiger partial charge on any atom is 0.305 e. The van der Waals surface area contributed by atoms with Gasteiger partial charge >= 0.3 is 5.97 Å². The highest BCUT2D eigenvalue weighted by Gasteiger charge is 2.12. The number of hydrogen-bond donors (Lipinski definition) is 0. The first-order valence-electron chi connectivity index (χ1n) is 6.48. The van der Waals surface area contributed by atoms with Crippen molar-refractivity contribution >= 4 is 11.9 Å². The minimum absolute atomic E-state index is 0.0566. The molecule has 5 heteroatoms. The molecule has 0 saturated heterocycles. The van der Waals surface area contributed by atoms with Gasteiger partial charge in [-0.1, -0.05) is 12.1 Å². The molecule has 0 saturated carbocycles. The van der Waals surface area contributed by atoms with Gasteiger partial charge in [0.2, 0.25) is 0 Å². The molecule has 0 spiro atoms. The second kappa shape index (κ2) is 8.32. The molecule has 0 aliphatic carbocycles. The third-order valence-electron chi connectivity index (χ3n) is 2.96. The number of benzene rings is 1. The first-order chi connectivity index (χ1) is 9.58. The van der Waals surface area contributed by atoms with Crippen LogP contribution >= 0.6 is 0 Å². The molecule has 0 N–H and O–H groups in total. The predicted molar refractivity (Wildman–Crippen MR) is 75.4 cm³/mol. The molecule has 0 bridgehead atoms. The van der Waals surface area contributed by atoms with Gasteiger partial charge < -0.3 is 14.4 Å². The number of esters is 1. The lowest BCUT2D eigenvalue weighted by Gasteiger charge is -2.17. The largest absolute Gasteiger partial charge is 0.469 e. The normalized spacial score (nSPS) is 10.2. The monoisotopic (exact) mass is 279 g/mol. The summed E-state index contributed by atoms with van der Waals surface area (Å²) in [6, 6.07) is 7.32. The Hall–Kier alpha value is -1.88. The van der Waals surface area contributed by atoms with Gasteiger partial charge in [0.25, 0.3) is 5.91 Å². The van der Waals surface area contributed by atoms with Crippen LogP contribution in [0.15, 0.2) is 24.3 Å². The Morgan fingerprint density at radius 3 is 2.35 bits per heavy atom. The fourth-order valence-corrected chi connectivity index (χ4v) is 1.79. The van der Waals surface area contributed by atoms with Crippen molar-refractivity contribution in [1.29, 1.82) is 0 Å². The van der Waals surface area contributed by atoms with E-state index < -0.39 is 0 Å². The highest BCUT2D eigenvalue weighted by atomic mass is 16.5. The number of amides is 1. The molecule has 20 heavy (non-hydrogen) atoms. The Bertz CT molecular complexity index is 442. The summed E-state index contributed by atoms with van der Waals surface area (Å²) >= 11 is 0. The van der Waals surface area contributed by atoms with Crippen LogP contribution in [0.4, 0.5) is 0 Å². The lowest BCUT2D eigenvalue weighted by molar-refractivity contribution is -0.140. The Balaban J connectivity index is 2.49. The van der Waals surface area contributed by atoms with Crippen molar-refractivity contribution in [2.75, 3.05) is 27.8 Å². The molecule has 1 aromatic carbocycles. The SMILES string of the molecule is COCc1ccc(C(=O)N(C)CCCC(=O)OC)cc1. The fraction of sp³-hybridized carbons (Fsp3) is 0.467. The summed E-state index contributed by atoms with van der Waals surface area (Å²) in [6.07, 6.45) is 0.914. The summed E-state index contributed by atoms with van der Waals surface area (Å²) in [5.74, 6) is -0.311. The van der Waals surface area contributed by atoms with E-state index >= 15 is 0 Å². The first kappa shape index (κ1) is 16.2. The van der Waals surface area contributed by atoms with Gasteiger partial charge in [0.05, 0.1) is 13.7 Å². The van der Waals surface area contributed by atoms with Gasteiger partial charge in [0.1, 0.15) is 0 Å². The van der Waals surface area contributed by atoms with E-state index in [9.17, 15) is 9.59 Å². The van der Waals surface area contributed by atoms with Crippen LogP contribution in [0.5, 0.6) is 0 Å². The van der Waals surface area contributed by atoms with Crippen molar-refractivity contribution < 1.29 is 19.1 Å². The Morgan fingerprint density at radius 2 is 1.80 bits per heavy atom. The molecule has 0 atom stereocenters. The smallest absolute Gasteiger partial charge is 0.305 e. The molecule has 0 aliphatic heterocycles. The third-order valence-corrected chi connectivity index (χ3v) is 2.96. The Kier molecular flexibility index (Phi) is 6.73. The zero-order valence-electron chi connectivity index (χ0n) is 12.2. The molecule has 1 amide bonds. The lowest BCUT2D eigenvalue weighted by Crippen LogP contribution is -2.28. The summed E-state index contributed by atoms with van der Waals surface area (Å²) in [6.45, 7) is 1.05. The zero-order valence-corrected chi connectivity index (χ0v) is 12.2. The van der Waals surface area contributed by atoms with Crippen LogP contribution in [0, 0.1) is 0 Å². The summed E-state index contributed by atoms with van der Waals surface area (Å²) in [4.78, 5) is 24.7. The number of rotatable bonds is 7. The molecule has 0 aromatic heterocycles. The average molecular weight is 279 g/mol. The Morgan fingerprint density at radius 1 is 1.15 bits per heavy atom. The molecule has 1 rings (SSSR count). The second-order valence-electron chi connectivity index (χ2n) is 4.54.